The number of hydroxylamine groups is 3. The highest BCUT2D eigenvalue weighted by Crippen LogP contribution is 2.41. The molecule has 0 aromatic heterocycles. The molecule has 4 aliphatic heterocycles. The molecule has 4 heterocycles. The summed E-state index contributed by atoms with van der Waals surface area (Å²) in [6, 6.07) is 22.3. The number of rotatable bonds is 36. The van der Waals surface area contributed by atoms with Crippen molar-refractivity contribution in [2.45, 2.75) is 284 Å². The number of nitrogens with one attached hydrogen (secondary N) is 3. The number of hydrogen-bond donors (Lipinski definition) is 16. The van der Waals surface area contributed by atoms with Crippen LogP contribution in [-0.2, 0) is 68.5 Å². The van der Waals surface area contributed by atoms with Crippen LogP contribution in [-0.4, -0.2) is 305 Å². The minimum absolute atomic E-state index is 0. The van der Waals surface area contributed by atoms with Gasteiger partial charge in [0.15, 0.2) is 45.0 Å². The zero-order chi connectivity index (χ0) is 87.2. The van der Waals surface area contributed by atoms with Crippen molar-refractivity contribution in [2.75, 3.05) is 99.8 Å². The number of carbonyl (C=O) groups is 3. The SMILES string of the molecule is C.CC(C)(C)CC(C)(C)c1ccc(OCC(=O)NCCC[N+](C)(C)[O-])cc1.C[C@H]1C(CO)O[C@@H](O[C@H]2C(CO)O[C@H](OCCNC(=O)COc3ccc(C(C)(C)CC(C)(C)C)cc3)[C@H](O)C2O)[C@H](O)C1O.C[C@H]1C(CO)O[C@H](OCC(CO[C@H]2OC(CO)[C@H](O)C(O)[C@H]2O)NC(=O)COc2ccc(C(C)(C)CC(C)(C)C)cc2)[C@H](O)C1O. The van der Waals surface area contributed by atoms with Gasteiger partial charge in [0.25, 0.3) is 17.7 Å². The second-order valence-corrected chi connectivity index (χ2v) is 37.1. The number of hydrogen-bond acceptors (Lipinski definition) is 28. The largest absolute Gasteiger partial charge is 0.633 e. The summed E-state index contributed by atoms with van der Waals surface area (Å²) in [6.07, 6.45) is -20.9. The Labute approximate surface area is 691 Å². The predicted octanol–water partition coefficient (Wildman–Crippen LogP) is 3.48. The number of benzene rings is 3. The summed E-state index contributed by atoms with van der Waals surface area (Å²) in [6.45, 7) is 34.0. The highest BCUT2D eigenvalue weighted by Gasteiger charge is 2.51. The third-order valence-electron chi connectivity index (χ3n) is 20.6. The lowest BCUT2D eigenvalue weighted by Crippen LogP contribution is -2.63. The van der Waals surface area contributed by atoms with E-state index in [1.165, 1.54) is 11.1 Å². The van der Waals surface area contributed by atoms with Gasteiger partial charge in [-0.25, -0.2) is 0 Å². The molecule has 3 amide bonds. The van der Waals surface area contributed by atoms with Crippen LogP contribution in [0.25, 0.3) is 0 Å². The first-order chi connectivity index (χ1) is 53.8. The van der Waals surface area contributed by atoms with Crippen LogP contribution in [0.4, 0.5) is 0 Å². The smallest absolute Gasteiger partial charge is 0.258 e. The Morgan fingerprint density at radius 2 is 0.752 bits per heavy atom. The van der Waals surface area contributed by atoms with Crippen LogP contribution in [0, 0.1) is 33.3 Å². The van der Waals surface area contributed by atoms with Crippen molar-refractivity contribution in [1.29, 1.82) is 0 Å². The van der Waals surface area contributed by atoms with Crippen molar-refractivity contribution < 1.29 is 138 Å². The summed E-state index contributed by atoms with van der Waals surface area (Å²) in [5, 5.41) is 151. The Hall–Kier alpha value is -5.45. The van der Waals surface area contributed by atoms with Crippen LogP contribution >= 0.6 is 0 Å². The number of quaternary nitrogens is 1. The first kappa shape index (κ1) is 104. The number of aliphatic hydroxyl groups excluding tert-OH is 13. The van der Waals surface area contributed by atoms with Crippen molar-refractivity contribution >= 4 is 17.7 Å². The molecule has 16 N–H and O–H groups in total. The molecule has 117 heavy (non-hydrogen) atoms. The molecule has 3 aromatic rings. The van der Waals surface area contributed by atoms with E-state index in [1.54, 1.807) is 40.1 Å². The number of ether oxygens (including phenoxy) is 11. The first-order valence-corrected chi connectivity index (χ1v) is 40.1. The average Bonchev–Trinajstić information content (AvgIpc) is 0.778. The monoisotopic (exact) mass is 1670 g/mol. The summed E-state index contributed by atoms with van der Waals surface area (Å²) in [7, 11) is 3.19. The van der Waals surface area contributed by atoms with Crippen molar-refractivity contribution in [1.82, 2.24) is 16.0 Å². The Morgan fingerprint density at radius 1 is 0.427 bits per heavy atom. The molecule has 3 aromatic carbocycles. The molecule has 7 rings (SSSR count). The lowest BCUT2D eigenvalue weighted by atomic mass is 9.72. The number of aliphatic hydroxyl groups is 13. The van der Waals surface area contributed by atoms with Crippen LogP contribution in [0.1, 0.15) is 168 Å². The summed E-state index contributed by atoms with van der Waals surface area (Å²) in [4.78, 5) is 37.0. The Morgan fingerprint density at radius 3 is 1.13 bits per heavy atom. The molecule has 0 saturated carbocycles. The number of nitrogens with zero attached hydrogens (tertiary/aromatic N) is 1. The van der Waals surface area contributed by atoms with Gasteiger partial charge in [0, 0.05) is 31.3 Å². The van der Waals surface area contributed by atoms with Crippen molar-refractivity contribution in [3.63, 3.8) is 0 Å². The van der Waals surface area contributed by atoms with E-state index < -0.39 is 161 Å². The molecule has 0 bridgehead atoms. The maximum Gasteiger partial charge on any atom is 0.258 e. The lowest BCUT2D eigenvalue weighted by Gasteiger charge is -2.46. The van der Waals surface area contributed by atoms with E-state index in [2.05, 4.69) is 132 Å². The van der Waals surface area contributed by atoms with Gasteiger partial charge >= 0.3 is 0 Å². The van der Waals surface area contributed by atoms with Crippen LogP contribution in [0.5, 0.6) is 17.2 Å². The highest BCUT2D eigenvalue weighted by molar-refractivity contribution is 5.78. The summed E-state index contributed by atoms with van der Waals surface area (Å²) in [5.41, 5.74) is 4.18. The fourth-order valence-electron chi connectivity index (χ4n) is 15.2. The van der Waals surface area contributed by atoms with E-state index >= 15 is 0 Å². The molecular formula is C85H144N4O28. The molecule has 0 spiro atoms. The van der Waals surface area contributed by atoms with Crippen LogP contribution in [0.2, 0.25) is 0 Å². The maximum atomic E-state index is 12.9. The van der Waals surface area contributed by atoms with Gasteiger partial charge in [0.1, 0.15) is 78.3 Å². The van der Waals surface area contributed by atoms with Gasteiger partial charge in [-0.1, -0.05) is 162 Å². The van der Waals surface area contributed by atoms with Crippen LogP contribution < -0.4 is 30.2 Å². The van der Waals surface area contributed by atoms with E-state index in [4.69, 9.17) is 52.1 Å². The zero-order valence-corrected chi connectivity index (χ0v) is 71.5. The quantitative estimate of drug-likeness (QED) is 0.0225. The molecule has 32 nitrogen and oxygen atoms in total. The highest BCUT2D eigenvalue weighted by atomic mass is 16.7. The average molecular weight is 1670 g/mol. The molecule has 672 valence electrons. The molecule has 4 saturated heterocycles. The van der Waals surface area contributed by atoms with Gasteiger partial charge in [-0.3, -0.25) is 14.4 Å². The van der Waals surface area contributed by atoms with Crippen LogP contribution in [0.15, 0.2) is 72.8 Å². The Bertz CT molecular complexity index is 3320. The maximum absolute atomic E-state index is 12.9. The summed E-state index contributed by atoms with van der Waals surface area (Å²) in [5.74, 6) is -0.543. The van der Waals surface area contributed by atoms with E-state index in [9.17, 15) is 86.0 Å². The zero-order valence-electron chi connectivity index (χ0n) is 71.5. The van der Waals surface area contributed by atoms with Crippen molar-refractivity contribution in [2.24, 2.45) is 28.1 Å². The van der Waals surface area contributed by atoms with Crippen molar-refractivity contribution in [3.05, 3.63) is 94.7 Å². The normalized spacial score (nSPS) is 28.3. The van der Waals surface area contributed by atoms with E-state index in [0.29, 0.717) is 36.8 Å². The number of amides is 3. The molecule has 4 fully saturated rings. The molecule has 0 radical (unpaired) electrons. The molecule has 32 heteroatoms. The minimum Gasteiger partial charge on any atom is -0.633 e. The van der Waals surface area contributed by atoms with Crippen molar-refractivity contribution in [3.8, 4) is 17.2 Å². The molecule has 4 aliphatic rings. The fourth-order valence-corrected chi connectivity index (χ4v) is 15.2. The van der Waals surface area contributed by atoms with Gasteiger partial charge in [-0.15, -0.1) is 0 Å². The Balaban J connectivity index is 0.000000382. The summed E-state index contributed by atoms with van der Waals surface area (Å²) >= 11 is 0. The molecule has 9 unspecified atom stereocenters. The van der Waals surface area contributed by atoms with Gasteiger partial charge < -0.3 is 144 Å². The lowest BCUT2D eigenvalue weighted by molar-refractivity contribution is -0.840. The first-order valence-electron chi connectivity index (χ1n) is 40.1. The second-order valence-electron chi connectivity index (χ2n) is 37.1. The number of carbonyl (C=O) groups excluding carboxylic acids is 3. The third kappa shape index (κ3) is 33.7. The predicted molar refractivity (Wildman–Crippen MR) is 435 cm³/mol. The third-order valence-corrected chi connectivity index (χ3v) is 20.6. The van der Waals surface area contributed by atoms with Gasteiger partial charge in [-0.05, 0) is 105 Å². The van der Waals surface area contributed by atoms with E-state index in [-0.39, 0.29) is 103 Å². The molecule has 0 aliphatic carbocycles. The fraction of sp³-hybridized carbons (Fsp3) is 0.753. The molecular weight excluding hydrogens is 1520 g/mol. The molecule has 21 atom stereocenters. The van der Waals surface area contributed by atoms with E-state index in [1.807, 2.05) is 48.5 Å². The van der Waals surface area contributed by atoms with Gasteiger partial charge in [-0.2, -0.15) is 0 Å². The summed E-state index contributed by atoms with van der Waals surface area (Å²) < 4.78 is 61.0. The van der Waals surface area contributed by atoms with Gasteiger partial charge in [0.2, 0.25) is 0 Å². The Kier molecular flexibility index (Phi) is 41.0. The second kappa shape index (κ2) is 46.2. The topological polar surface area (TPSA) is 475 Å². The minimum atomic E-state index is -1.67. The standard InChI is InChI=1S/C32H53NO13.C31H51NO12.C21H36N2O3.CH4/c1-17-21(11-34)45-29(27(40)24(17)37)43-13-19(14-44-30-28(41)26(39)25(38)22(12-35)46-30)33-23(36)15-42-20-9-7-18(8-10-20)32(5,6)16-31(2,3)4;1-17-20(13-33)42-29(25(38)23(17)36)44-27-21(14-34)43-28(26(39)24(27)37)40-12-11-32-22(35)15-41-19-9-7-18(8-10-19)31(5,6)16-30(2,3)4;1-20(2,3)16-21(4,5)17-9-11-18(12-10-17)26-15-19(24)22-13-8-14-23(6,7)25;/h7-10,17,19,21-22,24-30,34-35,37-41H,11-16H2,1-6H3,(H,33,36);7-10,17,20-21,23-29,33-34,36-39H,11-16H2,1-6H3,(H,32,35);9-12H,8,13-16H2,1-7H3,(H,22,24);1H4/t17-,19?,21?,22?,24?,25-,26?,27+,28+,29-,30-;17-,20?,21?,23?,24?,25+,26+,27-,28-,29-;;/m00../s1. The van der Waals surface area contributed by atoms with Crippen LogP contribution in [0.3, 0.4) is 0 Å². The van der Waals surface area contributed by atoms with E-state index in [0.717, 1.165) is 24.8 Å². The van der Waals surface area contributed by atoms with Gasteiger partial charge in [0.05, 0.1) is 97.3 Å².